The number of allylic oxidation sites excluding steroid dienone is 7. The molecule has 0 unspecified atom stereocenters. The third kappa shape index (κ3) is 1.45. The van der Waals surface area contributed by atoms with E-state index in [4.69, 9.17) is 5.26 Å². The van der Waals surface area contributed by atoms with Crippen molar-refractivity contribution in [2.24, 2.45) is 0 Å². The molecule has 0 spiro atoms. The molecule has 20 heavy (non-hydrogen) atoms. The summed E-state index contributed by atoms with van der Waals surface area (Å²) < 4.78 is 1.82. The van der Waals surface area contributed by atoms with Gasteiger partial charge in [-0.2, -0.15) is 5.26 Å². The molecule has 2 bridgehead atoms. The Labute approximate surface area is 114 Å². The highest BCUT2D eigenvalue weighted by Gasteiger charge is 2.18. The molecule has 0 fully saturated rings. The van der Waals surface area contributed by atoms with Crippen LogP contribution in [0.3, 0.4) is 0 Å². The Balaban J connectivity index is 2.08. The zero-order valence-electron chi connectivity index (χ0n) is 10.5. The van der Waals surface area contributed by atoms with Crippen LogP contribution in [-0.4, -0.2) is 19.6 Å². The number of aromatic nitrogens is 4. The standard InChI is InChI=1S/C15H9N5/c16-8-12-15-19-18-14-11-4-2-1-3-10(7-11)5-6-13(14)20(15)9-17-12/h1-6,9H,7H2. The van der Waals surface area contributed by atoms with E-state index in [2.05, 4.69) is 33.4 Å². The lowest BCUT2D eigenvalue weighted by Crippen LogP contribution is -2.03. The summed E-state index contributed by atoms with van der Waals surface area (Å²) in [6.45, 7) is 0. The topological polar surface area (TPSA) is 66.9 Å². The van der Waals surface area contributed by atoms with Crippen molar-refractivity contribution in [3.8, 4) is 6.07 Å². The second-order valence-electron chi connectivity index (χ2n) is 4.66. The lowest BCUT2D eigenvalue weighted by molar-refractivity contribution is 0.946. The fourth-order valence-corrected chi connectivity index (χ4v) is 2.50. The van der Waals surface area contributed by atoms with Gasteiger partial charge in [0.2, 0.25) is 0 Å². The smallest absolute Gasteiger partial charge is 0.197 e. The van der Waals surface area contributed by atoms with Gasteiger partial charge in [-0.25, -0.2) is 4.98 Å². The number of nitrogens with zero attached hydrogens (tertiary/aromatic N) is 5. The summed E-state index contributed by atoms with van der Waals surface area (Å²) in [7, 11) is 0. The minimum atomic E-state index is 0.297. The predicted molar refractivity (Wildman–Crippen MR) is 74.3 cm³/mol. The van der Waals surface area contributed by atoms with Crippen LogP contribution in [0.5, 0.6) is 0 Å². The molecule has 94 valence electrons. The summed E-state index contributed by atoms with van der Waals surface area (Å²) in [5.74, 6) is 0. The first-order valence-corrected chi connectivity index (χ1v) is 6.25. The molecule has 5 heteroatoms. The van der Waals surface area contributed by atoms with Crippen LogP contribution in [0.4, 0.5) is 0 Å². The Morgan fingerprint density at radius 1 is 1.15 bits per heavy atom. The minimum Gasteiger partial charge on any atom is -0.279 e. The van der Waals surface area contributed by atoms with Crippen LogP contribution >= 0.6 is 0 Å². The van der Waals surface area contributed by atoms with Gasteiger partial charge in [0.05, 0.1) is 5.69 Å². The van der Waals surface area contributed by atoms with Gasteiger partial charge in [-0.1, -0.05) is 30.4 Å². The number of hydrogen-bond donors (Lipinski definition) is 0. The van der Waals surface area contributed by atoms with Crippen LogP contribution in [0.25, 0.3) is 17.3 Å². The third-order valence-corrected chi connectivity index (χ3v) is 3.47. The summed E-state index contributed by atoms with van der Waals surface area (Å²) in [5.41, 5.74) is 4.88. The highest BCUT2D eigenvalue weighted by Crippen LogP contribution is 2.31. The molecule has 0 aliphatic heterocycles. The van der Waals surface area contributed by atoms with Gasteiger partial charge in [0.15, 0.2) is 11.3 Å². The predicted octanol–water partition coefficient (Wildman–Crippen LogP) is 2.29. The quantitative estimate of drug-likeness (QED) is 0.728. The van der Waals surface area contributed by atoms with E-state index in [1.807, 2.05) is 28.7 Å². The van der Waals surface area contributed by atoms with Gasteiger partial charge < -0.3 is 0 Å². The molecule has 0 atom stereocenters. The molecule has 0 amide bonds. The highest BCUT2D eigenvalue weighted by molar-refractivity contribution is 5.78. The maximum atomic E-state index is 9.03. The molecule has 0 saturated heterocycles. The Morgan fingerprint density at radius 3 is 2.95 bits per heavy atom. The molecule has 2 aliphatic rings. The van der Waals surface area contributed by atoms with Crippen molar-refractivity contribution in [3.63, 3.8) is 0 Å². The van der Waals surface area contributed by atoms with E-state index in [0.29, 0.717) is 11.3 Å². The van der Waals surface area contributed by atoms with E-state index in [1.165, 1.54) is 5.57 Å². The van der Waals surface area contributed by atoms with Gasteiger partial charge in [0.25, 0.3) is 0 Å². The lowest BCUT2D eigenvalue weighted by Gasteiger charge is -2.07. The molecule has 2 heterocycles. The first-order valence-electron chi connectivity index (χ1n) is 6.25. The second kappa shape index (κ2) is 4.00. The van der Waals surface area contributed by atoms with Crippen molar-refractivity contribution in [1.82, 2.24) is 19.6 Å². The normalized spacial score (nSPS) is 15.9. The molecular weight excluding hydrogens is 250 g/mol. The van der Waals surface area contributed by atoms with E-state index in [9.17, 15) is 0 Å². The van der Waals surface area contributed by atoms with Gasteiger partial charge >= 0.3 is 0 Å². The second-order valence-corrected chi connectivity index (χ2v) is 4.66. The SMILES string of the molecule is N#Cc1ncn2c3c(nnc12)C1=CC=CC=C(C=C3)C1. The van der Waals surface area contributed by atoms with Gasteiger partial charge in [-0.3, -0.25) is 4.40 Å². The van der Waals surface area contributed by atoms with Crippen LogP contribution in [0.1, 0.15) is 23.5 Å². The lowest BCUT2D eigenvalue weighted by atomic mass is 10.1. The first-order chi connectivity index (χ1) is 9.86. The molecular formula is C15H9N5. The van der Waals surface area contributed by atoms with E-state index in [0.717, 1.165) is 23.4 Å². The Hall–Kier alpha value is -3.00. The van der Waals surface area contributed by atoms with Crippen LogP contribution < -0.4 is 0 Å². The Kier molecular flexibility index (Phi) is 2.18. The zero-order chi connectivity index (χ0) is 13.5. The van der Waals surface area contributed by atoms with Gasteiger partial charge in [-0.05, 0) is 23.6 Å². The molecule has 0 aromatic carbocycles. The molecule has 0 N–H and O–H groups in total. The zero-order valence-corrected chi connectivity index (χ0v) is 10.5. The third-order valence-electron chi connectivity index (χ3n) is 3.47. The van der Waals surface area contributed by atoms with E-state index < -0.39 is 0 Å². The Bertz CT molecular complexity index is 887. The van der Waals surface area contributed by atoms with E-state index >= 15 is 0 Å². The summed E-state index contributed by atoms with van der Waals surface area (Å²) in [5, 5.41) is 17.5. The van der Waals surface area contributed by atoms with Crippen LogP contribution in [0, 0.1) is 11.3 Å². The molecule has 2 aromatic heterocycles. The van der Waals surface area contributed by atoms with Gasteiger partial charge in [0, 0.05) is 0 Å². The first kappa shape index (κ1) is 10.9. The monoisotopic (exact) mass is 259 g/mol. The molecule has 0 saturated carbocycles. The molecule has 4 rings (SSSR count). The average molecular weight is 259 g/mol. The summed E-state index contributed by atoms with van der Waals surface area (Å²) >= 11 is 0. The summed E-state index contributed by atoms with van der Waals surface area (Å²) in [4.78, 5) is 4.07. The largest absolute Gasteiger partial charge is 0.279 e. The number of imidazole rings is 1. The maximum Gasteiger partial charge on any atom is 0.197 e. The Morgan fingerprint density at radius 2 is 2.05 bits per heavy atom. The summed E-state index contributed by atoms with van der Waals surface area (Å²) in [6.07, 6.45) is 14.7. The maximum absolute atomic E-state index is 9.03. The number of hydrogen-bond acceptors (Lipinski definition) is 4. The van der Waals surface area contributed by atoms with Crippen LogP contribution in [0.15, 0.2) is 42.3 Å². The minimum absolute atomic E-state index is 0.297. The fourth-order valence-electron chi connectivity index (χ4n) is 2.50. The van der Waals surface area contributed by atoms with Crippen molar-refractivity contribution in [1.29, 1.82) is 5.26 Å². The molecule has 2 aromatic rings. The average Bonchev–Trinajstić information content (AvgIpc) is 2.66. The van der Waals surface area contributed by atoms with Crippen molar-refractivity contribution >= 4 is 17.3 Å². The van der Waals surface area contributed by atoms with Crippen molar-refractivity contribution in [3.05, 3.63) is 59.4 Å². The fraction of sp³-hybridized carbons (Fsp3) is 0.0667. The van der Waals surface area contributed by atoms with Crippen molar-refractivity contribution < 1.29 is 0 Å². The van der Waals surface area contributed by atoms with E-state index in [1.54, 1.807) is 6.33 Å². The molecule has 2 aliphatic carbocycles. The van der Waals surface area contributed by atoms with E-state index in [-0.39, 0.29) is 0 Å². The number of nitriles is 1. The van der Waals surface area contributed by atoms with Crippen molar-refractivity contribution in [2.75, 3.05) is 0 Å². The van der Waals surface area contributed by atoms with Gasteiger partial charge in [-0.15, -0.1) is 10.2 Å². The highest BCUT2D eigenvalue weighted by atomic mass is 15.2. The van der Waals surface area contributed by atoms with Crippen molar-refractivity contribution in [2.45, 2.75) is 6.42 Å². The summed E-state index contributed by atoms with van der Waals surface area (Å²) in [6, 6.07) is 2.03. The van der Waals surface area contributed by atoms with Gasteiger partial charge in [0.1, 0.15) is 18.1 Å². The van der Waals surface area contributed by atoms with Crippen LogP contribution in [-0.2, 0) is 0 Å². The number of rotatable bonds is 0. The van der Waals surface area contributed by atoms with Crippen LogP contribution in [0.2, 0.25) is 0 Å². The number of fused-ring (bicyclic) bond motifs is 6. The molecule has 5 nitrogen and oxygen atoms in total. The molecule has 0 radical (unpaired) electrons.